The number of aromatic nitrogens is 3. The predicted molar refractivity (Wildman–Crippen MR) is 157 cm³/mol. The number of rotatable bonds is 8. The van der Waals surface area contributed by atoms with Gasteiger partial charge in [-0.1, -0.05) is 0 Å². The number of hydrogen-bond acceptors (Lipinski definition) is 8. The lowest BCUT2D eigenvalue weighted by molar-refractivity contribution is -0.274. The topological polar surface area (TPSA) is 127 Å². The number of nitrogens with two attached hydrogens (primary N) is 1. The Morgan fingerprint density at radius 1 is 0.953 bits per heavy atom. The molecule has 2 aromatic heterocycles. The quantitative estimate of drug-likeness (QED) is 0.237. The molecule has 0 spiro atoms. The molecule has 1 saturated heterocycles. The Morgan fingerprint density at radius 3 is 2.28 bits per heavy atom. The third kappa shape index (κ3) is 6.55. The summed E-state index contributed by atoms with van der Waals surface area (Å²) in [6.45, 7) is 1.06. The fourth-order valence-corrected chi connectivity index (χ4v) is 7.09. The van der Waals surface area contributed by atoms with Gasteiger partial charge in [0.2, 0.25) is 10.0 Å². The van der Waals surface area contributed by atoms with Gasteiger partial charge in [0.1, 0.15) is 11.6 Å². The smallest absolute Gasteiger partial charge is 0.406 e. The van der Waals surface area contributed by atoms with Crippen LogP contribution in [0.3, 0.4) is 0 Å². The van der Waals surface area contributed by atoms with Crippen molar-refractivity contribution in [3.63, 3.8) is 0 Å². The molecule has 1 aliphatic heterocycles. The number of sulfonamides is 1. The Hall–Kier alpha value is -3.88. The van der Waals surface area contributed by atoms with Crippen molar-refractivity contribution >= 4 is 32.9 Å². The number of anilines is 3. The van der Waals surface area contributed by atoms with Gasteiger partial charge in [0.05, 0.1) is 22.5 Å². The summed E-state index contributed by atoms with van der Waals surface area (Å²) in [6, 6.07) is 14.3. The molecule has 0 atom stereocenters. The van der Waals surface area contributed by atoms with Crippen LogP contribution in [-0.4, -0.2) is 58.9 Å². The van der Waals surface area contributed by atoms with Crippen LogP contribution in [0.5, 0.6) is 5.75 Å². The molecule has 10 nitrogen and oxygen atoms in total. The summed E-state index contributed by atoms with van der Waals surface area (Å²) in [5.41, 5.74) is 9.00. The predicted octanol–water partition coefficient (Wildman–Crippen LogP) is 5.50. The summed E-state index contributed by atoms with van der Waals surface area (Å²) in [6.07, 6.45) is 2.13. The number of alkyl halides is 3. The average Bonchev–Trinajstić information content (AvgIpc) is 3.66. The zero-order valence-electron chi connectivity index (χ0n) is 23.2. The Morgan fingerprint density at radius 2 is 1.63 bits per heavy atom. The van der Waals surface area contributed by atoms with Crippen LogP contribution in [0.2, 0.25) is 0 Å². The highest BCUT2D eigenvalue weighted by Crippen LogP contribution is 2.32. The molecule has 6 rings (SSSR count). The van der Waals surface area contributed by atoms with Crippen molar-refractivity contribution in [3.05, 3.63) is 60.8 Å². The standard InChI is InChI=1S/C29H32F3N7O3S/c30-29(31,32)42-23-11-3-19(4-12-23)26-18-34-28-25(17-27(37-39(26)28)36-22-7-5-20(33)6-8-22)35-21-9-13-24(14-10-21)43(40,41)38-15-1-2-16-38/h3-4,9-14,17-18,20,22,35H,1-2,5-8,15-16,33H2,(H,36,37). The first-order valence-electron chi connectivity index (χ1n) is 14.2. The lowest BCUT2D eigenvalue weighted by atomic mass is 9.92. The van der Waals surface area contributed by atoms with E-state index in [9.17, 15) is 21.6 Å². The molecule has 228 valence electrons. The Kier molecular flexibility index (Phi) is 7.92. The van der Waals surface area contributed by atoms with Crippen molar-refractivity contribution < 1.29 is 26.3 Å². The summed E-state index contributed by atoms with van der Waals surface area (Å²) in [7, 11) is -3.54. The zero-order chi connectivity index (χ0) is 30.2. The van der Waals surface area contributed by atoms with Crippen LogP contribution in [-0.2, 0) is 10.0 Å². The Balaban J connectivity index is 1.32. The number of imidazole rings is 1. The minimum Gasteiger partial charge on any atom is -0.406 e. The Bertz CT molecular complexity index is 1680. The number of nitrogens with zero attached hydrogens (tertiary/aromatic N) is 4. The lowest BCUT2D eigenvalue weighted by Crippen LogP contribution is -2.33. The Labute approximate surface area is 247 Å². The summed E-state index contributed by atoms with van der Waals surface area (Å²) >= 11 is 0. The van der Waals surface area contributed by atoms with Gasteiger partial charge in [0.25, 0.3) is 0 Å². The number of benzene rings is 2. The van der Waals surface area contributed by atoms with Gasteiger partial charge in [0.15, 0.2) is 5.65 Å². The molecule has 0 radical (unpaired) electrons. The summed E-state index contributed by atoms with van der Waals surface area (Å²) in [4.78, 5) is 4.79. The molecule has 2 aromatic carbocycles. The van der Waals surface area contributed by atoms with Crippen molar-refractivity contribution in [2.24, 2.45) is 5.73 Å². The molecule has 43 heavy (non-hydrogen) atoms. The number of fused-ring (bicyclic) bond motifs is 1. The molecule has 0 amide bonds. The van der Waals surface area contributed by atoms with Crippen LogP contribution in [0.25, 0.3) is 16.9 Å². The molecule has 0 bridgehead atoms. The largest absolute Gasteiger partial charge is 0.573 e. The highest BCUT2D eigenvalue weighted by atomic mass is 32.2. The number of halogens is 3. The second kappa shape index (κ2) is 11.7. The van der Waals surface area contributed by atoms with E-state index >= 15 is 0 Å². The van der Waals surface area contributed by atoms with E-state index in [4.69, 9.17) is 10.8 Å². The summed E-state index contributed by atoms with van der Waals surface area (Å²) in [5, 5.41) is 11.6. The van der Waals surface area contributed by atoms with Gasteiger partial charge >= 0.3 is 6.36 Å². The fourth-order valence-electron chi connectivity index (χ4n) is 5.57. The molecular formula is C29H32F3N7O3S. The average molecular weight is 616 g/mol. The third-order valence-corrected chi connectivity index (χ3v) is 9.72. The molecule has 2 fully saturated rings. The van der Waals surface area contributed by atoms with E-state index in [1.165, 1.54) is 28.6 Å². The first-order valence-corrected chi connectivity index (χ1v) is 15.6. The normalized spacial score (nSPS) is 19.9. The van der Waals surface area contributed by atoms with Gasteiger partial charge < -0.3 is 21.1 Å². The minimum absolute atomic E-state index is 0.179. The zero-order valence-corrected chi connectivity index (χ0v) is 24.0. The van der Waals surface area contributed by atoms with E-state index in [0.717, 1.165) is 38.5 Å². The van der Waals surface area contributed by atoms with Crippen molar-refractivity contribution in [3.8, 4) is 17.0 Å². The highest BCUT2D eigenvalue weighted by molar-refractivity contribution is 7.89. The van der Waals surface area contributed by atoms with Gasteiger partial charge in [-0.05, 0) is 87.1 Å². The molecule has 1 aliphatic carbocycles. The van der Waals surface area contributed by atoms with E-state index in [-0.39, 0.29) is 22.7 Å². The van der Waals surface area contributed by atoms with Gasteiger partial charge in [0, 0.05) is 42.5 Å². The molecule has 0 unspecified atom stereocenters. The molecule has 14 heteroatoms. The van der Waals surface area contributed by atoms with Crippen LogP contribution in [0.1, 0.15) is 38.5 Å². The van der Waals surface area contributed by atoms with Crippen molar-refractivity contribution in [2.45, 2.75) is 61.9 Å². The molecular weight excluding hydrogens is 583 g/mol. The van der Waals surface area contributed by atoms with Gasteiger partial charge in [-0.25, -0.2) is 17.9 Å². The van der Waals surface area contributed by atoms with Gasteiger partial charge in [-0.3, -0.25) is 0 Å². The summed E-state index contributed by atoms with van der Waals surface area (Å²) in [5.74, 6) is 0.258. The van der Waals surface area contributed by atoms with Crippen LogP contribution >= 0.6 is 0 Å². The molecule has 2 aliphatic rings. The monoisotopic (exact) mass is 615 g/mol. The maximum Gasteiger partial charge on any atom is 0.573 e. The molecule has 4 N–H and O–H groups in total. The lowest BCUT2D eigenvalue weighted by Gasteiger charge is -2.27. The van der Waals surface area contributed by atoms with Crippen molar-refractivity contribution in [2.75, 3.05) is 23.7 Å². The number of hydrogen-bond donors (Lipinski definition) is 3. The van der Waals surface area contributed by atoms with Crippen LogP contribution in [0.4, 0.5) is 30.4 Å². The van der Waals surface area contributed by atoms with Crippen LogP contribution < -0.4 is 21.1 Å². The van der Waals surface area contributed by atoms with E-state index < -0.39 is 16.4 Å². The van der Waals surface area contributed by atoms with Crippen LogP contribution in [0.15, 0.2) is 65.7 Å². The summed E-state index contributed by atoms with van der Waals surface area (Å²) < 4.78 is 71.0. The van der Waals surface area contributed by atoms with Crippen LogP contribution in [0, 0.1) is 0 Å². The molecule has 4 aromatic rings. The minimum atomic E-state index is -4.78. The maximum atomic E-state index is 13.0. The molecule has 1 saturated carbocycles. The van der Waals surface area contributed by atoms with E-state index in [0.29, 0.717) is 47.2 Å². The fraction of sp³-hybridized carbons (Fsp3) is 0.379. The maximum absolute atomic E-state index is 13.0. The first-order chi connectivity index (χ1) is 20.5. The number of ether oxygens (including phenoxy) is 1. The van der Waals surface area contributed by atoms with E-state index in [1.54, 1.807) is 35.0 Å². The number of nitrogens with one attached hydrogen (secondary N) is 2. The van der Waals surface area contributed by atoms with E-state index in [1.807, 2.05) is 6.07 Å². The highest BCUT2D eigenvalue weighted by Gasteiger charge is 2.31. The first kappa shape index (κ1) is 29.2. The third-order valence-electron chi connectivity index (χ3n) is 7.81. The SMILES string of the molecule is NC1CCC(Nc2cc(Nc3ccc(S(=O)(=O)N4CCCC4)cc3)c3ncc(-c4ccc(OC(F)(F)F)cc4)n3n2)CC1. The van der Waals surface area contributed by atoms with Gasteiger partial charge in [-0.2, -0.15) is 4.31 Å². The van der Waals surface area contributed by atoms with Crippen molar-refractivity contribution in [1.82, 2.24) is 18.9 Å². The van der Waals surface area contributed by atoms with E-state index in [2.05, 4.69) is 20.4 Å². The second-order valence-corrected chi connectivity index (χ2v) is 12.8. The molecule has 3 heterocycles. The van der Waals surface area contributed by atoms with Gasteiger partial charge in [-0.15, -0.1) is 18.3 Å². The van der Waals surface area contributed by atoms with Crippen molar-refractivity contribution in [1.29, 1.82) is 0 Å². The second-order valence-electron chi connectivity index (χ2n) is 10.9.